The minimum absolute atomic E-state index is 0.0907. The van der Waals surface area contributed by atoms with Crippen molar-refractivity contribution >= 4 is 11.8 Å². The van der Waals surface area contributed by atoms with E-state index in [0.717, 1.165) is 0 Å². The largest absolute Gasteiger partial charge is 0.342 e. The highest BCUT2D eigenvalue weighted by molar-refractivity contribution is 5.97. The number of rotatable bonds is 0. The van der Waals surface area contributed by atoms with Crippen molar-refractivity contribution in [2.75, 3.05) is 0 Å². The van der Waals surface area contributed by atoms with E-state index >= 15 is 0 Å². The number of nitrogens with one attached hydrogen (secondary N) is 2. The van der Waals surface area contributed by atoms with Crippen LogP contribution < -0.4 is 10.6 Å². The summed E-state index contributed by atoms with van der Waals surface area (Å²) < 4.78 is 0. The Morgan fingerprint density at radius 2 is 1.00 bits per heavy atom. The fraction of sp³-hybridized carbons (Fsp3) is 0.833. The van der Waals surface area contributed by atoms with E-state index in [1.807, 2.05) is 41.5 Å². The Morgan fingerprint density at radius 3 is 1.19 bits per heavy atom. The molecular formula is C12H22N2O2. The number of hydrogen-bond acceptors (Lipinski definition) is 2. The van der Waals surface area contributed by atoms with Crippen LogP contribution in [-0.4, -0.2) is 23.9 Å². The molecule has 1 fully saturated rings. The lowest BCUT2D eigenvalue weighted by Gasteiger charge is -2.40. The monoisotopic (exact) mass is 226 g/mol. The Kier molecular flexibility index (Phi) is 3.05. The summed E-state index contributed by atoms with van der Waals surface area (Å²) >= 11 is 0. The molecule has 0 aliphatic carbocycles. The smallest absolute Gasteiger partial charge is 0.243 e. The molecule has 0 aromatic heterocycles. The summed E-state index contributed by atoms with van der Waals surface area (Å²) in [7, 11) is 0. The highest BCUT2D eigenvalue weighted by atomic mass is 16.2. The molecule has 4 nitrogen and oxygen atoms in total. The van der Waals surface area contributed by atoms with E-state index in [0.29, 0.717) is 0 Å². The highest BCUT2D eigenvalue weighted by Gasteiger charge is 2.43. The van der Waals surface area contributed by atoms with Gasteiger partial charge >= 0.3 is 0 Å². The molecule has 2 amide bonds. The van der Waals surface area contributed by atoms with Gasteiger partial charge in [-0.3, -0.25) is 9.59 Å². The fourth-order valence-electron chi connectivity index (χ4n) is 1.80. The van der Waals surface area contributed by atoms with E-state index in [1.165, 1.54) is 0 Å². The first-order valence-corrected chi connectivity index (χ1v) is 5.64. The number of carbonyl (C=O) groups excluding carboxylic acids is 2. The van der Waals surface area contributed by atoms with E-state index < -0.39 is 12.1 Å². The lowest BCUT2D eigenvalue weighted by molar-refractivity contribution is -0.142. The first-order valence-electron chi connectivity index (χ1n) is 5.64. The van der Waals surface area contributed by atoms with Crippen LogP contribution in [0.3, 0.4) is 0 Å². The zero-order valence-corrected chi connectivity index (χ0v) is 11.0. The van der Waals surface area contributed by atoms with Gasteiger partial charge < -0.3 is 10.6 Å². The van der Waals surface area contributed by atoms with Crippen molar-refractivity contribution in [3.05, 3.63) is 0 Å². The molecule has 1 rings (SSSR count). The molecule has 0 bridgehead atoms. The summed E-state index contributed by atoms with van der Waals surface area (Å²) in [4.78, 5) is 23.8. The number of piperazine rings is 1. The Labute approximate surface area is 97.2 Å². The van der Waals surface area contributed by atoms with Crippen LogP contribution in [0.5, 0.6) is 0 Å². The number of hydrogen-bond donors (Lipinski definition) is 2. The molecule has 0 spiro atoms. The Hall–Kier alpha value is -1.06. The Balaban J connectivity index is 2.88. The van der Waals surface area contributed by atoms with Crippen molar-refractivity contribution in [3.8, 4) is 0 Å². The normalized spacial score (nSPS) is 27.4. The lowest BCUT2D eigenvalue weighted by atomic mass is 9.80. The summed E-state index contributed by atoms with van der Waals surface area (Å²) in [5, 5.41) is 5.62. The van der Waals surface area contributed by atoms with Gasteiger partial charge in [0.25, 0.3) is 0 Å². The van der Waals surface area contributed by atoms with E-state index in [-0.39, 0.29) is 22.6 Å². The maximum Gasteiger partial charge on any atom is 0.243 e. The maximum absolute atomic E-state index is 11.9. The second-order valence-electron chi connectivity index (χ2n) is 6.62. The average molecular weight is 226 g/mol. The van der Waals surface area contributed by atoms with Crippen molar-refractivity contribution in [3.63, 3.8) is 0 Å². The molecule has 1 aliphatic rings. The average Bonchev–Trinajstić information content (AvgIpc) is 2.04. The van der Waals surface area contributed by atoms with Crippen molar-refractivity contribution in [1.82, 2.24) is 10.6 Å². The minimum atomic E-state index is -0.446. The van der Waals surface area contributed by atoms with Gasteiger partial charge in [-0.25, -0.2) is 0 Å². The van der Waals surface area contributed by atoms with Gasteiger partial charge in [0.05, 0.1) is 0 Å². The van der Waals surface area contributed by atoms with Crippen molar-refractivity contribution in [1.29, 1.82) is 0 Å². The van der Waals surface area contributed by atoms with Crippen LogP contribution in [0.2, 0.25) is 0 Å². The minimum Gasteiger partial charge on any atom is -0.342 e. The van der Waals surface area contributed by atoms with Crippen LogP contribution >= 0.6 is 0 Å². The van der Waals surface area contributed by atoms with Crippen LogP contribution in [0.1, 0.15) is 41.5 Å². The second-order valence-corrected chi connectivity index (χ2v) is 6.62. The third-order valence-electron chi connectivity index (χ3n) is 2.83. The van der Waals surface area contributed by atoms with Crippen LogP contribution in [0, 0.1) is 10.8 Å². The molecule has 2 atom stereocenters. The van der Waals surface area contributed by atoms with Crippen LogP contribution in [0.25, 0.3) is 0 Å². The third-order valence-corrected chi connectivity index (χ3v) is 2.83. The molecule has 0 radical (unpaired) electrons. The van der Waals surface area contributed by atoms with Gasteiger partial charge in [-0.05, 0) is 10.8 Å². The van der Waals surface area contributed by atoms with Crippen molar-refractivity contribution in [2.24, 2.45) is 10.8 Å². The molecule has 0 saturated carbocycles. The standard InChI is InChI=1S/C12H22N2O2/c1-11(2,3)7-9(15)14-8(10(16)13-7)12(4,5)6/h7-8H,1-6H3,(H,13,16)(H,14,15). The molecular weight excluding hydrogens is 204 g/mol. The fourth-order valence-corrected chi connectivity index (χ4v) is 1.80. The van der Waals surface area contributed by atoms with E-state index in [1.54, 1.807) is 0 Å². The van der Waals surface area contributed by atoms with Gasteiger partial charge in [0, 0.05) is 0 Å². The summed E-state index contributed by atoms with van der Waals surface area (Å²) in [6.45, 7) is 11.6. The summed E-state index contributed by atoms with van der Waals surface area (Å²) in [5.41, 5.74) is -0.523. The summed E-state index contributed by atoms with van der Waals surface area (Å²) in [6.07, 6.45) is 0. The van der Waals surface area contributed by atoms with Crippen LogP contribution in [0.4, 0.5) is 0 Å². The summed E-state index contributed by atoms with van der Waals surface area (Å²) in [5.74, 6) is -0.181. The van der Waals surface area contributed by atoms with E-state index in [2.05, 4.69) is 10.6 Å². The molecule has 16 heavy (non-hydrogen) atoms. The van der Waals surface area contributed by atoms with Gasteiger partial charge in [-0.1, -0.05) is 41.5 Å². The third kappa shape index (κ3) is 2.54. The van der Waals surface area contributed by atoms with Crippen LogP contribution in [-0.2, 0) is 9.59 Å². The predicted octanol–water partition coefficient (Wildman–Crippen LogP) is 1.06. The molecule has 1 saturated heterocycles. The zero-order valence-electron chi connectivity index (χ0n) is 11.0. The molecule has 2 unspecified atom stereocenters. The number of carbonyl (C=O) groups is 2. The van der Waals surface area contributed by atoms with Crippen molar-refractivity contribution in [2.45, 2.75) is 53.6 Å². The van der Waals surface area contributed by atoms with Gasteiger partial charge in [-0.2, -0.15) is 0 Å². The highest BCUT2D eigenvalue weighted by Crippen LogP contribution is 2.26. The van der Waals surface area contributed by atoms with E-state index in [9.17, 15) is 9.59 Å². The molecule has 1 aliphatic heterocycles. The van der Waals surface area contributed by atoms with Gasteiger partial charge in [-0.15, -0.1) is 0 Å². The molecule has 0 aromatic rings. The number of amides is 2. The van der Waals surface area contributed by atoms with E-state index in [4.69, 9.17) is 0 Å². The topological polar surface area (TPSA) is 58.2 Å². The molecule has 2 N–H and O–H groups in total. The zero-order chi connectivity index (χ0) is 12.7. The Bertz CT molecular complexity index is 278. The van der Waals surface area contributed by atoms with Crippen LogP contribution in [0.15, 0.2) is 0 Å². The maximum atomic E-state index is 11.9. The first-order chi connectivity index (χ1) is 7.03. The van der Waals surface area contributed by atoms with Gasteiger partial charge in [0.2, 0.25) is 11.8 Å². The molecule has 0 aromatic carbocycles. The first kappa shape index (κ1) is 13.0. The van der Waals surface area contributed by atoms with Crippen molar-refractivity contribution < 1.29 is 9.59 Å². The SMILES string of the molecule is CC(C)(C)C1NC(=O)C(C(C)(C)C)NC1=O. The summed E-state index contributed by atoms with van der Waals surface area (Å²) in [6, 6.07) is -0.891. The molecule has 92 valence electrons. The molecule has 1 heterocycles. The lowest BCUT2D eigenvalue weighted by Crippen LogP contribution is -2.68. The second kappa shape index (κ2) is 3.75. The quantitative estimate of drug-likeness (QED) is 0.649. The van der Waals surface area contributed by atoms with Gasteiger partial charge in [0.1, 0.15) is 12.1 Å². The Morgan fingerprint density at radius 1 is 0.750 bits per heavy atom. The molecule has 4 heteroatoms. The van der Waals surface area contributed by atoms with Gasteiger partial charge in [0.15, 0.2) is 0 Å². The predicted molar refractivity (Wildman–Crippen MR) is 62.8 cm³/mol.